The fraction of sp³-hybridized carbons (Fsp3) is 0.0556. The highest BCUT2D eigenvalue weighted by atomic mass is 32.1. The minimum absolute atomic E-state index is 0.263. The van der Waals surface area contributed by atoms with E-state index >= 15 is 0 Å². The predicted octanol–water partition coefficient (Wildman–Crippen LogP) is 8.69. The molecule has 0 unspecified atom stereocenters. The summed E-state index contributed by atoms with van der Waals surface area (Å²) in [5.74, 6) is -1.21. The molecular weight excluding hydrogens is 524 g/mol. The summed E-state index contributed by atoms with van der Waals surface area (Å²) in [5, 5.41) is 18.2. The van der Waals surface area contributed by atoms with Gasteiger partial charge in [0.05, 0.1) is 0 Å². The second-order valence-corrected chi connectivity index (χ2v) is 10.9. The number of hydrogen-bond donors (Lipinski definition) is 1. The Bertz CT molecular complexity index is 1770. The second kappa shape index (κ2) is 11.5. The molecule has 0 amide bonds. The van der Waals surface area contributed by atoms with E-state index in [1.165, 1.54) is 45.4 Å². The van der Waals surface area contributed by atoms with Gasteiger partial charge >= 0.3 is 5.97 Å². The predicted molar refractivity (Wildman–Crippen MR) is 168 cm³/mol. The van der Waals surface area contributed by atoms with Crippen LogP contribution < -0.4 is 4.90 Å². The highest BCUT2D eigenvalue weighted by Gasteiger charge is 2.21. The Hall–Kier alpha value is -5.18. The molecule has 0 saturated carbocycles. The smallest absolute Gasteiger partial charge is 0.346 e. The van der Waals surface area contributed by atoms with Crippen LogP contribution in [-0.4, -0.2) is 17.6 Å². The molecule has 6 rings (SSSR count). The SMILES string of the molecule is N#C/C(=C\c1ccc(-c2ccc3c(c2)CCN3c2ccc(C=C(c3ccccc3)c3ccccc3)cc2)s1)C(=O)O. The lowest BCUT2D eigenvalue weighted by Gasteiger charge is -2.20. The third kappa shape index (κ3) is 5.60. The first kappa shape index (κ1) is 26.1. The average Bonchev–Trinajstić information content (AvgIpc) is 3.67. The van der Waals surface area contributed by atoms with Gasteiger partial charge in [0.1, 0.15) is 11.6 Å². The number of nitriles is 1. The summed E-state index contributed by atoms with van der Waals surface area (Å²) in [7, 11) is 0. The first-order valence-corrected chi connectivity index (χ1v) is 14.2. The molecular formula is C36H26N2O2S. The van der Waals surface area contributed by atoms with Crippen LogP contribution in [0.25, 0.3) is 28.2 Å². The van der Waals surface area contributed by atoms with Gasteiger partial charge in [0, 0.05) is 27.7 Å². The monoisotopic (exact) mass is 550 g/mol. The van der Waals surface area contributed by atoms with Gasteiger partial charge in [-0.3, -0.25) is 0 Å². The van der Waals surface area contributed by atoms with Crippen LogP contribution in [0, 0.1) is 11.3 Å². The van der Waals surface area contributed by atoms with Crippen molar-refractivity contribution in [3.05, 3.63) is 148 Å². The van der Waals surface area contributed by atoms with E-state index in [1.807, 2.05) is 24.3 Å². The summed E-state index contributed by atoms with van der Waals surface area (Å²) in [6.45, 7) is 0.913. The molecule has 2 heterocycles. The Morgan fingerprint density at radius 3 is 2.15 bits per heavy atom. The molecule has 1 aliphatic rings. The summed E-state index contributed by atoms with van der Waals surface area (Å²) in [6.07, 6.45) is 4.62. The van der Waals surface area contributed by atoms with Crippen LogP contribution in [0.2, 0.25) is 0 Å². The molecule has 1 N–H and O–H groups in total. The van der Waals surface area contributed by atoms with Gasteiger partial charge in [0.25, 0.3) is 0 Å². The van der Waals surface area contributed by atoms with Crippen molar-refractivity contribution in [2.75, 3.05) is 11.4 Å². The van der Waals surface area contributed by atoms with Gasteiger partial charge in [0.2, 0.25) is 0 Å². The summed E-state index contributed by atoms with van der Waals surface area (Å²) < 4.78 is 0. The van der Waals surface area contributed by atoms with Gasteiger partial charge in [-0.1, -0.05) is 78.9 Å². The van der Waals surface area contributed by atoms with E-state index < -0.39 is 5.97 Å². The largest absolute Gasteiger partial charge is 0.477 e. The van der Waals surface area contributed by atoms with Gasteiger partial charge < -0.3 is 10.0 Å². The number of hydrogen-bond acceptors (Lipinski definition) is 4. The van der Waals surface area contributed by atoms with E-state index in [0.717, 1.165) is 39.5 Å². The Morgan fingerprint density at radius 2 is 1.51 bits per heavy atom. The molecule has 198 valence electrons. The van der Waals surface area contributed by atoms with Crippen molar-refractivity contribution in [1.82, 2.24) is 0 Å². The average molecular weight is 551 g/mol. The zero-order valence-corrected chi connectivity index (χ0v) is 23.0. The fourth-order valence-corrected chi connectivity index (χ4v) is 6.13. The van der Waals surface area contributed by atoms with E-state index in [-0.39, 0.29) is 5.57 Å². The first-order valence-electron chi connectivity index (χ1n) is 13.4. The van der Waals surface area contributed by atoms with Crippen molar-refractivity contribution in [3.63, 3.8) is 0 Å². The number of carboxylic acids is 1. The van der Waals surface area contributed by atoms with Crippen molar-refractivity contribution in [2.24, 2.45) is 0 Å². The maximum absolute atomic E-state index is 11.2. The molecule has 0 spiro atoms. The van der Waals surface area contributed by atoms with Crippen molar-refractivity contribution >= 4 is 46.4 Å². The summed E-state index contributed by atoms with van der Waals surface area (Å²) in [4.78, 5) is 15.3. The zero-order chi connectivity index (χ0) is 28.2. The van der Waals surface area contributed by atoms with Crippen molar-refractivity contribution in [2.45, 2.75) is 6.42 Å². The van der Waals surface area contributed by atoms with Crippen molar-refractivity contribution in [3.8, 4) is 16.5 Å². The number of thiophene rings is 1. The number of rotatable bonds is 7. The molecule has 0 fully saturated rings. The van der Waals surface area contributed by atoms with Crippen LogP contribution >= 0.6 is 11.3 Å². The molecule has 41 heavy (non-hydrogen) atoms. The van der Waals surface area contributed by atoms with Crippen molar-refractivity contribution < 1.29 is 9.90 Å². The highest BCUT2D eigenvalue weighted by molar-refractivity contribution is 7.16. The molecule has 5 aromatic rings. The molecule has 1 aromatic heterocycles. The van der Waals surface area contributed by atoms with E-state index in [9.17, 15) is 4.79 Å². The van der Waals surface area contributed by atoms with Gasteiger partial charge in [0.15, 0.2) is 0 Å². The van der Waals surface area contributed by atoms with Crippen LogP contribution in [0.1, 0.15) is 27.1 Å². The van der Waals surface area contributed by atoms with Gasteiger partial charge in [-0.15, -0.1) is 11.3 Å². The van der Waals surface area contributed by atoms with Gasteiger partial charge in [-0.05, 0) is 88.4 Å². The first-order chi connectivity index (χ1) is 20.1. The Balaban J connectivity index is 1.24. The van der Waals surface area contributed by atoms with Crippen LogP contribution in [0.4, 0.5) is 11.4 Å². The molecule has 0 bridgehead atoms. The molecule has 0 radical (unpaired) electrons. The maximum atomic E-state index is 11.2. The minimum atomic E-state index is -1.21. The van der Waals surface area contributed by atoms with Crippen LogP contribution in [0.3, 0.4) is 0 Å². The minimum Gasteiger partial charge on any atom is -0.477 e. The molecule has 0 aliphatic carbocycles. The molecule has 1 aliphatic heterocycles. The lowest BCUT2D eigenvalue weighted by atomic mass is 9.96. The van der Waals surface area contributed by atoms with E-state index in [0.29, 0.717) is 0 Å². The lowest BCUT2D eigenvalue weighted by Crippen LogP contribution is -2.12. The van der Waals surface area contributed by atoms with Gasteiger partial charge in [-0.2, -0.15) is 5.26 Å². The number of benzene rings is 4. The normalized spacial score (nSPS) is 12.5. The standard InChI is InChI=1S/C36H26N2O2S/c37-24-30(36(39)40)23-32-16-18-35(41-32)29-13-17-34-28(22-29)19-20-38(34)31-14-11-25(12-15-31)21-33(26-7-3-1-4-8-26)27-9-5-2-6-10-27/h1-18,21-23H,19-20H2,(H,39,40)/b30-23+. The number of aliphatic carboxylic acids is 1. The van der Waals surface area contributed by atoms with Crippen LogP contribution in [0.5, 0.6) is 0 Å². The van der Waals surface area contributed by atoms with E-state index in [4.69, 9.17) is 10.4 Å². The Labute approximate surface area is 243 Å². The van der Waals surface area contributed by atoms with E-state index in [1.54, 1.807) is 6.07 Å². The van der Waals surface area contributed by atoms with Crippen molar-refractivity contribution in [1.29, 1.82) is 5.26 Å². The Morgan fingerprint density at radius 1 is 0.829 bits per heavy atom. The summed E-state index contributed by atoms with van der Waals surface area (Å²) in [6, 6.07) is 41.8. The zero-order valence-electron chi connectivity index (χ0n) is 22.2. The highest BCUT2D eigenvalue weighted by Crippen LogP contribution is 2.39. The number of fused-ring (bicyclic) bond motifs is 1. The molecule has 4 aromatic carbocycles. The third-order valence-electron chi connectivity index (χ3n) is 7.21. The maximum Gasteiger partial charge on any atom is 0.346 e. The molecule has 5 heteroatoms. The topological polar surface area (TPSA) is 64.3 Å². The fourth-order valence-electron chi connectivity index (χ4n) is 5.18. The molecule has 4 nitrogen and oxygen atoms in total. The molecule has 0 atom stereocenters. The Kier molecular flexibility index (Phi) is 7.32. The molecule has 0 saturated heterocycles. The summed E-state index contributed by atoms with van der Waals surface area (Å²) in [5.41, 5.74) is 9.21. The quantitative estimate of drug-likeness (QED) is 0.125. The summed E-state index contributed by atoms with van der Waals surface area (Å²) >= 11 is 1.48. The number of carboxylic acid groups (broad SMARTS) is 1. The van der Waals surface area contributed by atoms with Crippen LogP contribution in [0.15, 0.2) is 121 Å². The number of carbonyl (C=O) groups is 1. The third-order valence-corrected chi connectivity index (χ3v) is 8.29. The number of nitrogens with zero attached hydrogens (tertiary/aromatic N) is 2. The van der Waals surface area contributed by atoms with Gasteiger partial charge in [-0.25, -0.2) is 4.79 Å². The number of anilines is 2. The van der Waals surface area contributed by atoms with E-state index in [2.05, 4.69) is 102 Å². The second-order valence-electron chi connectivity index (χ2n) is 9.80. The van der Waals surface area contributed by atoms with Crippen LogP contribution in [-0.2, 0) is 11.2 Å². The lowest BCUT2D eigenvalue weighted by molar-refractivity contribution is -0.132.